The number of carbonyl (C=O) groups is 1. The van der Waals surface area contributed by atoms with Crippen LogP contribution in [-0.2, 0) is 11.3 Å². The summed E-state index contributed by atoms with van der Waals surface area (Å²) in [6.07, 6.45) is 2.60. The Labute approximate surface area is 151 Å². The van der Waals surface area contributed by atoms with Gasteiger partial charge in [-0.15, -0.1) is 0 Å². The first-order valence-electron chi connectivity index (χ1n) is 8.46. The van der Waals surface area contributed by atoms with Gasteiger partial charge in [0.25, 0.3) is 5.91 Å². The fraction of sp³-hybridized carbons (Fsp3) is 0.500. The summed E-state index contributed by atoms with van der Waals surface area (Å²) in [4.78, 5) is 17.0. The molecule has 140 valence electrons. The molecule has 0 aromatic carbocycles. The highest BCUT2D eigenvalue weighted by Gasteiger charge is 2.36. The van der Waals surface area contributed by atoms with Crippen molar-refractivity contribution in [1.82, 2.24) is 15.5 Å². The van der Waals surface area contributed by atoms with Crippen LogP contribution in [0.2, 0.25) is 0 Å². The number of aromatic nitrogens is 2. The Bertz CT molecular complexity index is 753. The van der Waals surface area contributed by atoms with Gasteiger partial charge in [0.2, 0.25) is 5.88 Å². The smallest absolute Gasteiger partial charge is 0.274 e. The molecule has 1 amide bonds. The maximum atomic E-state index is 12.8. The number of ether oxygens (including phenoxy) is 2. The topological polar surface area (TPSA) is 107 Å². The van der Waals surface area contributed by atoms with Crippen molar-refractivity contribution >= 4 is 5.91 Å². The van der Waals surface area contributed by atoms with Gasteiger partial charge in [0, 0.05) is 19.4 Å². The number of hydrogen-bond donors (Lipinski definition) is 2. The average Bonchev–Trinajstić information content (AvgIpc) is 2.98. The fourth-order valence-corrected chi connectivity index (χ4v) is 3.17. The third-order valence-corrected chi connectivity index (χ3v) is 4.72. The quantitative estimate of drug-likeness (QED) is 0.774. The van der Waals surface area contributed by atoms with Crippen molar-refractivity contribution in [3.8, 4) is 5.88 Å². The molecule has 0 spiro atoms. The standard InChI is InChI=1S/C18H23N3O5/c1-10-14(9-24-2)17(21-26-10)18(23)20-16(12-6-13(22)7-12)11-4-5-15(25-3)19-8-11/h4-5,8,12-13,16,22H,6-7,9H2,1-3H3,(H,20,23)/t12?,13?,16-/m1/s1. The number of pyridine rings is 1. The molecule has 0 unspecified atom stereocenters. The third kappa shape index (κ3) is 3.71. The van der Waals surface area contributed by atoms with Crippen LogP contribution in [0.3, 0.4) is 0 Å². The SMILES string of the molecule is COCc1c(C(=O)N[C@H](c2ccc(OC)nc2)C2CC(O)C2)noc1C. The summed E-state index contributed by atoms with van der Waals surface area (Å²) in [6.45, 7) is 1.99. The molecular formula is C18H23N3O5. The first kappa shape index (κ1) is 18.3. The van der Waals surface area contributed by atoms with Gasteiger partial charge in [-0.1, -0.05) is 11.2 Å². The molecule has 1 aliphatic carbocycles. The lowest BCUT2D eigenvalue weighted by Gasteiger charge is -2.38. The minimum absolute atomic E-state index is 0.128. The normalized spacial score (nSPS) is 20.3. The van der Waals surface area contributed by atoms with Crippen LogP contribution in [0.1, 0.15) is 46.3 Å². The second-order valence-electron chi connectivity index (χ2n) is 6.47. The van der Waals surface area contributed by atoms with E-state index >= 15 is 0 Å². The van der Waals surface area contributed by atoms with E-state index in [1.807, 2.05) is 6.07 Å². The van der Waals surface area contributed by atoms with E-state index in [1.54, 1.807) is 33.4 Å². The van der Waals surface area contributed by atoms with Gasteiger partial charge in [-0.2, -0.15) is 0 Å². The molecule has 26 heavy (non-hydrogen) atoms. The molecule has 8 nitrogen and oxygen atoms in total. The van der Waals surface area contributed by atoms with Crippen molar-refractivity contribution < 1.29 is 23.9 Å². The van der Waals surface area contributed by atoms with Crippen molar-refractivity contribution in [2.45, 2.75) is 38.5 Å². The zero-order chi connectivity index (χ0) is 18.7. The Morgan fingerprint density at radius 1 is 1.42 bits per heavy atom. The number of aryl methyl sites for hydroxylation is 1. The van der Waals surface area contributed by atoms with Crippen LogP contribution in [0.15, 0.2) is 22.9 Å². The van der Waals surface area contributed by atoms with Gasteiger partial charge in [0.1, 0.15) is 5.76 Å². The predicted octanol–water partition coefficient (Wildman–Crippen LogP) is 1.78. The van der Waals surface area contributed by atoms with Crippen LogP contribution in [0.4, 0.5) is 0 Å². The minimum Gasteiger partial charge on any atom is -0.481 e. The molecule has 2 aromatic rings. The molecule has 0 aliphatic heterocycles. The van der Waals surface area contributed by atoms with E-state index in [2.05, 4.69) is 15.5 Å². The van der Waals surface area contributed by atoms with E-state index in [4.69, 9.17) is 14.0 Å². The number of aliphatic hydroxyl groups is 1. The molecule has 3 rings (SSSR count). The zero-order valence-electron chi connectivity index (χ0n) is 15.1. The van der Waals surface area contributed by atoms with Gasteiger partial charge in [0.15, 0.2) is 5.69 Å². The van der Waals surface area contributed by atoms with E-state index in [9.17, 15) is 9.90 Å². The monoisotopic (exact) mass is 361 g/mol. The van der Waals surface area contributed by atoms with Crippen molar-refractivity contribution in [2.75, 3.05) is 14.2 Å². The lowest BCUT2D eigenvalue weighted by molar-refractivity contribution is 0.0233. The van der Waals surface area contributed by atoms with Crippen molar-refractivity contribution in [2.24, 2.45) is 5.92 Å². The second-order valence-corrected chi connectivity index (χ2v) is 6.47. The van der Waals surface area contributed by atoms with Crippen LogP contribution in [0.5, 0.6) is 5.88 Å². The molecule has 1 saturated carbocycles. The molecule has 2 N–H and O–H groups in total. The van der Waals surface area contributed by atoms with E-state index in [0.29, 0.717) is 30.0 Å². The Morgan fingerprint density at radius 2 is 2.19 bits per heavy atom. The van der Waals surface area contributed by atoms with E-state index in [-0.39, 0.29) is 36.3 Å². The second kappa shape index (κ2) is 7.84. The van der Waals surface area contributed by atoms with Crippen LogP contribution in [0.25, 0.3) is 0 Å². The largest absolute Gasteiger partial charge is 0.481 e. The number of nitrogens with one attached hydrogen (secondary N) is 1. The summed E-state index contributed by atoms with van der Waals surface area (Å²) in [7, 11) is 3.10. The maximum absolute atomic E-state index is 12.8. The highest BCUT2D eigenvalue weighted by Crippen LogP contribution is 2.38. The van der Waals surface area contributed by atoms with Crippen LogP contribution >= 0.6 is 0 Å². The Hall–Kier alpha value is -2.45. The summed E-state index contributed by atoms with van der Waals surface area (Å²) >= 11 is 0. The fourth-order valence-electron chi connectivity index (χ4n) is 3.17. The van der Waals surface area contributed by atoms with Gasteiger partial charge >= 0.3 is 0 Å². The minimum atomic E-state index is -0.337. The van der Waals surface area contributed by atoms with Crippen molar-refractivity contribution in [3.63, 3.8) is 0 Å². The molecule has 0 saturated heterocycles. The summed E-state index contributed by atoms with van der Waals surface area (Å²) in [5.74, 6) is 0.847. The highest BCUT2D eigenvalue weighted by atomic mass is 16.5. The number of carbonyl (C=O) groups excluding carboxylic acids is 1. The third-order valence-electron chi connectivity index (χ3n) is 4.72. The first-order valence-corrected chi connectivity index (χ1v) is 8.46. The summed E-state index contributed by atoms with van der Waals surface area (Å²) in [6, 6.07) is 3.34. The van der Waals surface area contributed by atoms with Gasteiger partial charge < -0.3 is 24.4 Å². The number of hydrogen-bond acceptors (Lipinski definition) is 7. The van der Waals surface area contributed by atoms with Crippen molar-refractivity contribution in [3.05, 3.63) is 40.9 Å². The molecule has 2 aromatic heterocycles. The molecule has 1 atom stereocenters. The molecule has 1 aliphatic rings. The Morgan fingerprint density at radius 3 is 2.77 bits per heavy atom. The number of rotatable bonds is 7. The van der Waals surface area contributed by atoms with Gasteiger partial charge in [-0.25, -0.2) is 4.98 Å². The lowest BCUT2D eigenvalue weighted by atomic mass is 9.75. The number of amides is 1. The summed E-state index contributed by atoms with van der Waals surface area (Å²) < 4.78 is 15.4. The number of aliphatic hydroxyl groups excluding tert-OH is 1. The van der Waals surface area contributed by atoms with Crippen LogP contribution < -0.4 is 10.1 Å². The molecule has 8 heteroatoms. The molecule has 0 bridgehead atoms. The summed E-state index contributed by atoms with van der Waals surface area (Å²) in [5.41, 5.74) is 1.70. The first-order chi connectivity index (χ1) is 12.5. The van der Waals surface area contributed by atoms with E-state index in [1.165, 1.54) is 0 Å². The molecule has 1 fully saturated rings. The Kier molecular flexibility index (Phi) is 5.53. The average molecular weight is 361 g/mol. The Balaban J connectivity index is 1.82. The molecule has 2 heterocycles. The van der Waals surface area contributed by atoms with Gasteiger partial charge in [0.05, 0.1) is 31.4 Å². The van der Waals surface area contributed by atoms with Crippen LogP contribution in [0, 0.1) is 12.8 Å². The van der Waals surface area contributed by atoms with E-state index < -0.39 is 0 Å². The molecular weight excluding hydrogens is 338 g/mol. The van der Waals surface area contributed by atoms with E-state index in [0.717, 1.165) is 5.56 Å². The zero-order valence-corrected chi connectivity index (χ0v) is 15.1. The van der Waals surface area contributed by atoms with Gasteiger partial charge in [-0.3, -0.25) is 4.79 Å². The number of nitrogens with zero attached hydrogens (tertiary/aromatic N) is 2. The highest BCUT2D eigenvalue weighted by molar-refractivity contribution is 5.94. The molecule has 0 radical (unpaired) electrons. The van der Waals surface area contributed by atoms with Crippen LogP contribution in [-0.4, -0.2) is 41.5 Å². The summed E-state index contributed by atoms with van der Waals surface area (Å²) in [5, 5.41) is 16.6. The number of methoxy groups -OCH3 is 2. The van der Waals surface area contributed by atoms with Crippen molar-refractivity contribution in [1.29, 1.82) is 0 Å². The van der Waals surface area contributed by atoms with Gasteiger partial charge in [-0.05, 0) is 31.2 Å². The maximum Gasteiger partial charge on any atom is 0.274 e. The lowest BCUT2D eigenvalue weighted by Crippen LogP contribution is -2.41. The predicted molar refractivity (Wildman–Crippen MR) is 91.7 cm³/mol.